The Kier molecular flexibility index (Phi) is 6.30. The van der Waals surface area contributed by atoms with Gasteiger partial charge in [0.15, 0.2) is 0 Å². The van der Waals surface area contributed by atoms with Crippen molar-refractivity contribution < 1.29 is 26.0 Å². The molecule has 4 aromatic rings. The van der Waals surface area contributed by atoms with Gasteiger partial charge >= 0.3 is 5.63 Å². The van der Waals surface area contributed by atoms with Crippen molar-refractivity contribution in [3.8, 4) is 5.75 Å². The number of hydrogen-bond acceptors (Lipinski definition) is 7. The standard InChI is InChI=1S/C24H22N2O7S2/c1-15-4-8-20(16(2)12-15)26-35(30,31)23-14-18(6-9-22(23)32-3)25-34(28,29)19-7-10-21-17(13-19)5-11-24(27)33-21/h4-14,25-26H,1-3H3. The smallest absolute Gasteiger partial charge is 0.336 e. The molecule has 0 saturated heterocycles. The number of sulfonamides is 2. The molecule has 3 aromatic carbocycles. The number of hydrogen-bond donors (Lipinski definition) is 2. The second-order valence-corrected chi connectivity index (χ2v) is 11.2. The average molecular weight is 515 g/mol. The molecule has 35 heavy (non-hydrogen) atoms. The number of nitrogens with one attached hydrogen (secondary N) is 2. The van der Waals surface area contributed by atoms with Gasteiger partial charge in [0.2, 0.25) is 0 Å². The van der Waals surface area contributed by atoms with Crippen molar-refractivity contribution in [3.63, 3.8) is 0 Å². The Balaban J connectivity index is 1.69. The monoisotopic (exact) mass is 514 g/mol. The quantitative estimate of drug-likeness (QED) is 0.356. The van der Waals surface area contributed by atoms with Crippen LogP contribution in [0.25, 0.3) is 11.0 Å². The number of rotatable bonds is 7. The first-order chi connectivity index (χ1) is 16.5. The molecule has 0 radical (unpaired) electrons. The molecule has 0 unspecified atom stereocenters. The molecule has 11 heteroatoms. The van der Waals surface area contributed by atoms with Crippen molar-refractivity contribution in [3.05, 3.63) is 88.3 Å². The zero-order valence-corrected chi connectivity index (χ0v) is 20.7. The van der Waals surface area contributed by atoms with Crippen molar-refractivity contribution in [2.24, 2.45) is 0 Å². The van der Waals surface area contributed by atoms with E-state index in [4.69, 9.17) is 9.15 Å². The number of anilines is 2. The van der Waals surface area contributed by atoms with E-state index < -0.39 is 25.7 Å². The van der Waals surface area contributed by atoms with Gasteiger partial charge in [-0.15, -0.1) is 0 Å². The molecule has 0 aliphatic heterocycles. The van der Waals surface area contributed by atoms with Crippen molar-refractivity contribution in [1.82, 2.24) is 0 Å². The number of benzene rings is 3. The van der Waals surface area contributed by atoms with Crippen LogP contribution in [0.2, 0.25) is 0 Å². The van der Waals surface area contributed by atoms with Crippen LogP contribution >= 0.6 is 0 Å². The van der Waals surface area contributed by atoms with Crippen LogP contribution in [0.1, 0.15) is 11.1 Å². The second kappa shape index (κ2) is 9.08. The SMILES string of the molecule is COc1ccc(NS(=O)(=O)c2ccc3oc(=O)ccc3c2)cc1S(=O)(=O)Nc1ccc(C)cc1C. The normalized spacial score (nSPS) is 11.9. The maximum absolute atomic E-state index is 13.2. The summed E-state index contributed by atoms with van der Waals surface area (Å²) in [5.41, 5.74) is 1.82. The van der Waals surface area contributed by atoms with E-state index in [-0.39, 0.29) is 26.8 Å². The third kappa shape index (κ3) is 5.15. The van der Waals surface area contributed by atoms with E-state index >= 15 is 0 Å². The van der Waals surface area contributed by atoms with Gasteiger partial charge in [-0.25, -0.2) is 21.6 Å². The lowest BCUT2D eigenvalue weighted by atomic mass is 10.1. The number of ether oxygens (including phenoxy) is 1. The maximum atomic E-state index is 13.2. The second-order valence-electron chi connectivity index (χ2n) is 7.85. The fourth-order valence-corrected chi connectivity index (χ4v) is 5.92. The van der Waals surface area contributed by atoms with E-state index in [0.717, 1.165) is 11.1 Å². The molecule has 0 aliphatic rings. The van der Waals surface area contributed by atoms with Crippen LogP contribution in [0, 0.1) is 13.8 Å². The van der Waals surface area contributed by atoms with Crippen LogP contribution < -0.4 is 19.8 Å². The summed E-state index contributed by atoms with van der Waals surface area (Å²) < 4.78 is 67.5. The fourth-order valence-electron chi connectivity index (χ4n) is 3.51. The first-order valence-corrected chi connectivity index (χ1v) is 13.3. The Bertz CT molecular complexity index is 1710. The Morgan fingerprint density at radius 1 is 0.800 bits per heavy atom. The molecule has 0 saturated carbocycles. The Morgan fingerprint density at radius 2 is 1.57 bits per heavy atom. The first-order valence-electron chi connectivity index (χ1n) is 10.3. The minimum Gasteiger partial charge on any atom is -0.495 e. The number of methoxy groups -OCH3 is 1. The van der Waals surface area contributed by atoms with Crippen LogP contribution in [0.4, 0.5) is 11.4 Å². The highest BCUT2D eigenvalue weighted by Gasteiger charge is 2.23. The van der Waals surface area contributed by atoms with Crippen molar-refractivity contribution >= 4 is 42.4 Å². The zero-order chi connectivity index (χ0) is 25.4. The van der Waals surface area contributed by atoms with Gasteiger partial charge in [0, 0.05) is 11.5 Å². The molecule has 182 valence electrons. The number of aryl methyl sites for hydroxylation is 2. The highest BCUT2D eigenvalue weighted by Crippen LogP contribution is 2.31. The average Bonchev–Trinajstić information content (AvgIpc) is 2.80. The summed E-state index contributed by atoms with van der Waals surface area (Å²) in [6.07, 6.45) is 0. The van der Waals surface area contributed by atoms with Crippen molar-refractivity contribution in [1.29, 1.82) is 0 Å². The van der Waals surface area contributed by atoms with Gasteiger partial charge in [-0.2, -0.15) is 0 Å². The summed E-state index contributed by atoms with van der Waals surface area (Å²) in [5.74, 6) is 0.0472. The molecule has 1 heterocycles. The van der Waals surface area contributed by atoms with Crippen LogP contribution in [0.3, 0.4) is 0 Å². The Hall–Kier alpha value is -3.83. The highest BCUT2D eigenvalue weighted by molar-refractivity contribution is 7.93. The lowest BCUT2D eigenvalue weighted by Gasteiger charge is -2.15. The third-order valence-corrected chi connectivity index (χ3v) is 8.00. The van der Waals surface area contributed by atoms with E-state index in [0.29, 0.717) is 11.1 Å². The van der Waals surface area contributed by atoms with Crippen LogP contribution in [0.5, 0.6) is 5.75 Å². The van der Waals surface area contributed by atoms with E-state index in [1.54, 1.807) is 19.1 Å². The predicted molar refractivity (Wildman–Crippen MR) is 133 cm³/mol. The van der Waals surface area contributed by atoms with Crippen molar-refractivity contribution in [2.45, 2.75) is 23.6 Å². The Labute approximate surface area is 202 Å². The van der Waals surface area contributed by atoms with Gasteiger partial charge in [-0.1, -0.05) is 17.7 Å². The summed E-state index contributed by atoms with van der Waals surface area (Å²) in [4.78, 5) is 11.0. The van der Waals surface area contributed by atoms with E-state index in [9.17, 15) is 21.6 Å². The molecular weight excluding hydrogens is 492 g/mol. The zero-order valence-electron chi connectivity index (χ0n) is 19.0. The van der Waals surface area contributed by atoms with Crippen molar-refractivity contribution in [2.75, 3.05) is 16.6 Å². The van der Waals surface area contributed by atoms with E-state index in [2.05, 4.69) is 9.44 Å². The topological polar surface area (TPSA) is 132 Å². The molecule has 0 bridgehead atoms. The summed E-state index contributed by atoms with van der Waals surface area (Å²) in [6, 6.07) is 15.9. The molecule has 0 fully saturated rings. The summed E-state index contributed by atoms with van der Waals surface area (Å²) in [6.45, 7) is 3.68. The van der Waals surface area contributed by atoms with Gasteiger partial charge in [0.25, 0.3) is 20.0 Å². The molecule has 0 atom stereocenters. The number of fused-ring (bicyclic) bond motifs is 1. The minimum atomic E-state index is -4.12. The Morgan fingerprint density at radius 3 is 2.29 bits per heavy atom. The van der Waals surface area contributed by atoms with Gasteiger partial charge in [0.1, 0.15) is 16.2 Å². The summed E-state index contributed by atoms with van der Waals surface area (Å²) >= 11 is 0. The van der Waals surface area contributed by atoms with Crippen LogP contribution in [-0.4, -0.2) is 23.9 Å². The van der Waals surface area contributed by atoms with E-state index in [1.807, 2.05) is 13.0 Å². The minimum absolute atomic E-state index is 0.0199. The lowest BCUT2D eigenvalue weighted by Crippen LogP contribution is -2.17. The molecule has 0 spiro atoms. The molecule has 9 nitrogen and oxygen atoms in total. The van der Waals surface area contributed by atoms with Gasteiger partial charge in [0.05, 0.1) is 23.4 Å². The van der Waals surface area contributed by atoms with Gasteiger partial charge < -0.3 is 9.15 Å². The molecule has 0 amide bonds. The predicted octanol–water partition coefficient (Wildman–Crippen LogP) is 4.02. The van der Waals surface area contributed by atoms with Crippen LogP contribution in [0.15, 0.2) is 85.7 Å². The van der Waals surface area contributed by atoms with Crippen LogP contribution in [-0.2, 0) is 20.0 Å². The molecule has 4 rings (SSSR count). The van der Waals surface area contributed by atoms with Gasteiger partial charge in [-0.05, 0) is 67.9 Å². The summed E-state index contributed by atoms with van der Waals surface area (Å²) in [5, 5.41) is 0.420. The highest BCUT2D eigenvalue weighted by atomic mass is 32.2. The largest absolute Gasteiger partial charge is 0.495 e. The first kappa shape index (κ1) is 24.3. The molecule has 0 aliphatic carbocycles. The fraction of sp³-hybridized carbons (Fsp3) is 0.125. The molecule has 2 N–H and O–H groups in total. The summed E-state index contributed by atoms with van der Waals surface area (Å²) in [7, 11) is -6.89. The van der Waals surface area contributed by atoms with Gasteiger partial charge in [-0.3, -0.25) is 9.44 Å². The van der Waals surface area contributed by atoms with E-state index in [1.165, 1.54) is 55.6 Å². The maximum Gasteiger partial charge on any atom is 0.336 e. The third-order valence-electron chi connectivity index (χ3n) is 5.23. The molecular formula is C24H22N2O7S2. The molecule has 1 aromatic heterocycles. The lowest BCUT2D eigenvalue weighted by molar-refractivity contribution is 0.403.